The van der Waals surface area contributed by atoms with Crippen molar-refractivity contribution < 1.29 is 33.4 Å². The number of nitrogens with zero attached hydrogens (tertiary/aromatic N) is 1. The monoisotopic (exact) mass is 666 g/mol. The number of nitrogens with one attached hydrogen (secondary N) is 2. The molecule has 3 atom stereocenters. The van der Waals surface area contributed by atoms with Crippen molar-refractivity contribution in [1.82, 2.24) is 15.5 Å². The normalized spacial score (nSPS) is 13.4. The topological polar surface area (TPSA) is 157 Å². The van der Waals surface area contributed by atoms with Crippen LogP contribution in [-0.4, -0.2) is 64.5 Å². The number of benzene rings is 2. The zero-order valence-electron chi connectivity index (χ0n) is 30.0. The molecule has 2 aromatic rings. The first-order valence-electron chi connectivity index (χ1n) is 16.5. The molecule has 0 fully saturated rings. The van der Waals surface area contributed by atoms with Crippen LogP contribution in [0.15, 0.2) is 48.5 Å². The van der Waals surface area contributed by atoms with Crippen molar-refractivity contribution in [2.45, 2.75) is 124 Å². The minimum atomic E-state index is -1.41. The Morgan fingerprint density at radius 1 is 0.833 bits per heavy atom. The molecule has 2 aromatic carbocycles. The maximum Gasteiger partial charge on any atom is 0.408 e. The molecule has 11 nitrogen and oxygen atoms in total. The number of esters is 1. The average Bonchev–Trinajstić information content (AvgIpc) is 2.95. The average molecular weight is 667 g/mol. The third-order valence-corrected chi connectivity index (χ3v) is 7.25. The molecule has 0 radical (unpaired) electrons. The number of unbranched alkanes of at least 4 members (excludes halogenated alkanes) is 2. The summed E-state index contributed by atoms with van der Waals surface area (Å²) in [6.07, 6.45) is 0.844. The van der Waals surface area contributed by atoms with Crippen LogP contribution in [0.1, 0.15) is 102 Å². The number of carbonyl (C=O) groups excluding carboxylic acids is 5. The third kappa shape index (κ3) is 13.4. The SMILES string of the molecule is CCCCCN(C(=O)C(CC(N)=O)NC(=O)OC(C)(C)C)C(C(=O)NC(Cc1ccccc1)C(=O)OC(C)(C)C)c1ccc(C)cc1C. The van der Waals surface area contributed by atoms with Crippen LogP contribution in [0, 0.1) is 13.8 Å². The van der Waals surface area contributed by atoms with E-state index in [4.69, 9.17) is 15.2 Å². The van der Waals surface area contributed by atoms with E-state index in [1.807, 2.05) is 63.2 Å². The first-order chi connectivity index (χ1) is 22.3. The Labute approximate surface area is 285 Å². The van der Waals surface area contributed by atoms with E-state index < -0.39 is 65.5 Å². The Hall–Kier alpha value is -4.41. The summed E-state index contributed by atoms with van der Waals surface area (Å²) in [4.78, 5) is 68.9. The van der Waals surface area contributed by atoms with Crippen LogP contribution in [0.5, 0.6) is 0 Å². The lowest BCUT2D eigenvalue weighted by atomic mass is 9.95. The molecule has 3 unspecified atom stereocenters. The van der Waals surface area contributed by atoms with E-state index in [2.05, 4.69) is 10.6 Å². The summed E-state index contributed by atoms with van der Waals surface area (Å²) >= 11 is 0. The van der Waals surface area contributed by atoms with Crippen molar-refractivity contribution >= 4 is 29.8 Å². The first kappa shape index (κ1) is 39.8. The van der Waals surface area contributed by atoms with Gasteiger partial charge >= 0.3 is 12.1 Å². The Bertz CT molecular complexity index is 1410. The minimum Gasteiger partial charge on any atom is -0.458 e. The standard InChI is InChI=1S/C37H54N4O7/c1-10-11-15-20-41(33(44)28(23-30(38)42)40-35(46)48-37(7,8)9)31(27-19-18-24(2)21-25(27)3)32(43)39-29(34(45)47-36(4,5)6)22-26-16-13-12-14-17-26/h12-14,16-19,21,28-29,31H,10-11,15,20,22-23H2,1-9H3,(H2,38,42)(H,39,43)(H,40,46). The zero-order valence-corrected chi connectivity index (χ0v) is 30.0. The van der Waals surface area contributed by atoms with Crippen molar-refractivity contribution in [3.05, 3.63) is 70.8 Å². The van der Waals surface area contributed by atoms with E-state index in [0.29, 0.717) is 12.0 Å². The molecule has 0 saturated heterocycles. The fourth-order valence-corrected chi connectivity index (χ4v) is 5.20. The molecule has 0 bridgehead atoms. The van der Waals surface area contributed by atoms with Gasteiger partial charge in [-0.3, -0.25) is 14.4 Å². The molecule has 4 N–H and O–H groups in total. The predicted molar refractivity (Wildman–Crippen MR) is 185 cm³/mol. The highest BCUT2D eigenvalue weighted by atomic mass is 16.6. The van der Waals surface area contributed by atoms with Crippen LogP contribution in [0.4, 0.5) is 4.79 Å². The van der Waals surface area contributed by atoms with Crippen LogP contribution in [0.2, 0.25) is 0 Å². The molecule has 0 aliphatic rings. The molecule has 0 heterocycles. The van der Waals surface area contributed by atoms with Gasteiger partial charge in [0.05, 0.1) is 6.42 Å². The minimum absolute atomic E-state index is 0.124. The highest BCUT2D eigenvalue weighted by Crippen LogP contribution is 2.28. The predicted octanol–water partition coefficient (Wildman–Crippen LogP) is 5.20. The van der Waals surface area contributed by atoms with Gasteiger partial charge in [0.1, 0.15) is 29.3 Å². The summed E-state index contributed by atoms with van der Waals surface area (Å²) in [5.74, 6) is -2.75. The number of nitrogens with two attached hydrogens (primary N) is 1. The lowest BCUT2D eigenvalue weighted by Gasteiger charge is -2.36. The molecule has 0 aliphatic carbocycles. The molecule has 4 amide bonds. The number of hydrogen-bond donors (Lipinski definition) is 3. The number of aryl methyl sites for hydroxylation is 2. The Morgan fingerprint density at radius 3 is 2.00 bits per heavy atom. The van der Waals surface area contributed by atoms with Crippen molar-refractivity contribution in [3.63, 3.8) is 0 Å². The van der Waals surface area contributed by atoms with E-state index in [1.165, 1.54) is 4.90 Å². The largest absolute Gasteiger partial charge is 0.458 e. The van der Waals surface area contributed by atoms with Crippen LogP contribution in [-0.2, 0) is 35.1 Å². The van der Waals surface area contributed by atoms with E-state index in [9.17, 15) is 24.0 Å². The van der Waals surface area contributed by atoms with E-state index in [-0.39, 0.29) is 13.0 Å². The molecule has 0 aromatic heterocycles. The lowest BCUT2D eigenvalue weighted by Crippen LogP contribution is -2.56. The van der Waals surface area contributed by atoms with E-state index in [0.717, 1.165) is 29.5 Å². The Morgan fingerprint density at radius 2 is 1.46 bits per heavy atom. The highest BCUT2D eigenvalue weighted by molar-refractivity contribution is 5.96. The quantitative estimate of drug-likeness (QED) is 0.174. The van der Waals surface area contributed by atoms with Crippen molar-refractivity contribution in [2.24, 2.45) is 5.73 Å². The number of primary amides is 1. The third-order valence-electron chi connectivity index (χ3n) is 7.25. The molecule has 264 valence electrons. The van der Waals surface area contributed by atoms with Gasteiger partial charge in [-0.25, -0.2) is 9.59 Å². The van der Waals surface area contributed by atoms with Gasteiger partial charge in [0.2, 0.25) is 17.7 Å². The Kier molecular flexibility index (Phi) is 14.6. The molecular formula is C37H54N4O7. The van der Waals surface area contributed by atoms with Gasteiger partial charge < -0.3 is 30.7 Å². The number of amides is 4. The molecule has 0 spiro atoms. The second kappa shape index (κ2) is 17.7. The van der Waals surface area contributed by atoms with Gasteiger partial charge in [-0.05, 0) is 78.5 Å². The first-order valence-corrected chi connectivity index (χ1v) is 16.5. The van der Waals surface area contributed by atoms with Gasteiger partial charge in [-0.1, -0.05) is 73.9 Å². The Balaban J connectivity index is 2.68. The molecule has 0 aliphatic heterocycles. The summed E-state index contributed by atoms with van der Waals surface area (Å²) in [6.45, 7) is 16.1. The van der Waals surface area contributed by atoms with Gasteiger partial charge in [-0.15, -0.1) is 0 Å². The van der Waals surface area contributed by atoms with Crippen LogP contribution >= 0.6 is 0 Å². The zero-order chi connectivity index (χ0) is 36.2. The smallest absolute Gasteiger partial charge is 0.408 e. The lowest BCUT2D eigenvalue weighted by molar-refractivity contribution is -0.159. The number of rotatable bonds is 15. The molecule has 2 rings (SSSR count). The summed E-state index contributed by atoms with van der Waals surface area (Å²) in [5.41, 5.74) is 6.87. The second-order valence-electron chi connectivity index (χ2n) is 14.2. The van der Waals surface area contributed by atoms with Gasteiger partial charge in [0, 0.05) is 13.0 Å². The van der Waals surface area contributed by atoms with Crippen LogP contribution < -0.4 is 16.4 Å². The molecular weight excluding hydrogens is 612 g/mol. The van der Waals surface area contributed by atoms with Crippen LogP contribution in [0.25, 0.3) is 0 Å². The van der Waals surface area contributed by atoms with Gasteiger partial charge in [0.15, 0.2) is 0 Å². The van der Waals surface area contributed by atoms with Crippen molar-refractivity contribution in [2.75, 3.05) is 6.54 Å². The maximum absolute atomic E-state index is 14.6. The summed E-state index contributed by atoms with van der Waals surface area (Å²) in [5, 5.41) is 5.40. The second-order valence-corrected chi connectivity index (χ2v) is 14.2. The van der Waals surface area contributed by atoms with Crippen LogP contribution in [0.3, 0.4) is 0 Å². The maximum atomic E-state index is 14.6. The molecule has 48 heavy (non-hydrogen) atoms. The summed E-state index contributed by atoms with van der Waals surface area (Å²) in [6, 6.07) is 11.0. The van der Waals surface area contributed by atoms with Crippen molar-refractivity contribution in [1.29, 1.82) is 0 Å². The fourth-order valence-electron chi connectivity index (χ4n) is 5.20. The molecule has 0 saturated carbocycles. The number of hydrogen-bond acceptors (Lipinski definition) is 7. The number of alkyl carbamates (subject to hydrolysis) is 1. The van der Waals surface area contributed by atoms with E-state index in [1.54, 1.807) is 47.6 Å². The van der Waals surface area contributed by atoms with E-state index >= 15 is 0 Å². The fraction of sp³-hybridized carbons (Fsp3) is 0.541. The summed E-state index contributed by atoms with van der Waals surface area (Å²) in [7, 11) is 0. The number of ether oxygens (including phenoxy) is 2. The van der Waals surface area contributed by atoms with Gasteiger partial charge in [0.25, 0.3) is 0 Å². The molecule has 11 heteroatoms. The number of carbonyl (C=O) groups is 5. The summed E-state index contributed by atoms with van der Waals surface area (Å²) < 4.78 is 11.1. The van der Waals surface area contributed by atoms with Gasteiger partial charge in [-0.2, -0.15) is 0 Å². The highest BCUT2D eigenvalue weighted by Gasteiger charge is 2.39. The van der Waals surface area contributed by atoms with Crippen molar-refractivity contribution in [3.8, 4) is 0 Å².